The molecule has 0 rings (SSSR count). The lowest BCUT2D eigenvalue weighted by Gasteiger charge is -2.30. The molecular weight excluding hydrogens is 952 g/mol. The van der Waals surface area contributed by atoms with Gasteiger partial charge < -0.3 is 28.5 Å². The highest BCUT2D eigenvalue weighted by atomic mass is 31.2. The molecule has 0 heterocycles. The van der Waals surface area contributed by atoms with Crippen LogP contribution in [0.1, 0.15) is 278 Å². The fraction of sp³-hybridized carbons (Fsp3) is 0.785. The van der Waals surface area contributed by atoms with Gasteiger partial charge in [-0.2, -0.15) is 0 Å². The topological polar surface area (TPSA) is 114 Å². The van der Waals surface area contributed by atoms with E-state index in [1.807, 2.05) is 33.3 Å². The van der Waals surface area contributed by atoms with Crippen LogP contribution in [-0.4, -0.2) is 69.4 Å². The van der Waals surface area contributed by atoms with Gasteiger partial charge in [-0.3, -0.25) is 14.2 Å². The number of hydrogen-bond donors (Lipinski definition) is 1. The summed E-state index contributed by atoms with van der Waals surface area (Å²) in [5, 5.41) is 3.01. The SMILES string of the molecule is CCCCC/C=C\C/C=C\C/C=C\C/C=C\CCCCCCCCCC(=O)OC(/C=C\CCCCCCCCCCCC)C(COP(=O)([O-])OCC[N+](C)(C)C)NC(=O)CCCCC/C=C\CCCCCCCCC. The fourth-order valence-electron chi connectivity index (χ4n) is 8.74. The van der Waals surface area contributed by atoms with Gasteiger partial charge in [0.05, 0.1) is 33.8 Å². The van der Waals surface area contributed by atoms with E-state index < -0.39 is 26.6 Å². The van der Waals surface area contributed by atoms with Gasteiger partial charge in [-0.25, -0.2) is 0 Å². The molecule has 9 nitrogen and oxygen atoms in total. The van der Waals surface area contributed by atoms with Crippen molar-refractivity contribution in [2.45, 2.75) is 290 Å². The Kier molecular flexibility index (Phi) is 52.9. The molecule has 1 amide bonds. The maximum absolute atomic E-state index is 13.5. The third-order valence-electron chi connectivity index (χ3n) is 13.6. The molecule has 0 aliphatic rings. The highest BCUT2D eigenvalue weighted by Gasteiger charge is 2.27. The van der Waals surface area contributed by atoms with E-state index in [1.54, 1.807) is 0 Å². The number of nitrogens with zero attached hydrogens (tertiary/aromatic N) is 1. The lowest BCUT2D eigenvalue weighted by atomic mass is 10.0. The molecule has 0 aliphatic carbocycles. The van der Waals surface area contributed by atoms with Gasteiger partial charge in [0.2, 0.25) is 5.91 Å². The maximum atomic E-state index is 13.5. The maximum Gasteiger partial charge on any atom is 0.306 e. The van der Waals surface area contributed by atoms with E-state index in [4.69, 9.17) is 13.8 Å². The summed E-state index contributed by atoms with van der Waals surface area (Å²) in [6, 6.07) is -0.902. The Balaban J connectivity index is 5.24. The summed E-state index contributed by atoms with van der Waals surface area (Å²) in [5.74, 6) is -0.570. The average molecular weight is 1070 g/mol. The highest BCUT2D eigenvalue weighted by molar-refractivity contribution is 7.45. The first-order valence-corrected chi connectivity index (χ1v) is 32.7. The molecule has 0 aromatic rings. The molecule has 0 saturated heterocycles. The first kappa shape index (κ1) is 72.5. The van der Waals surface area contributed by atoms with Gasteiger partial charge in [-0.1, -0.05) is 235 Å². The van der Waals surface area contributed by atoms with Crippen LogP contribution in [0.3, 0.4) is 0 Å². The second kappa shape index (κ2) is 54.8. The van der Waals surface area contributed by atoms with Crippen molar-refractivity contribution in [3.63, 3.8) is 0 Å². The summed E-state index contributed by atoms with van der Waals surface area (Å²) in [6.07, 6.45) is 70.1. The summed E-state index contributed by atoms with van der Waals surface area (Å²) in [7, 11) is 1.17. The fourth-order valence-corrected chi connectivity index (χ4v) is 9.46. The van der Waals surface area contributed by atoms with E-state index in [9.17, 15) is 19.0 Å². The van der Waals surface area contributed by atoms with Crippen molar-refractivity contribution in [2.24, 2.45) is 0 Å². The summed E-state index contributed by atoms with van der Waals surface area (Å²) < 4.78 is 30.3. The first-order chi connectivity index (χ1) is 36.4. The zero-order valence-electron chi connectivity index (χ0n) is 49.7. The van der Waals surface area contributed by atoms with E-state index in [0.29, 0.717) is 30.3 Å². The molecule has 0 saturated carbocycles. The van der Waals surface area contributed by atoms with E-state index >= 15 is 0 Å². The number of phosphoric acid groups is 1. The van der Waals surface area contributed by atoms with E-state index in [-0.39, 0.29) is 24.9 Å². The number of carbonyl (C=O) groups is 2. The molecule has 0 radical (unpaired) electrons. The molecule has 0 aliphatic heterocycles. The molecule has 0 spiro atoms. The number of quaternary nitrogens is 1. The normalized spacial score (nSPS) is 14.2. The Morgan fingerprint density at radius 3 is 1.27 bits per heavy atom. The van der Waals surface area contributed by atoms with Gasteiger partial charge in [-0.05, 0) is 102 Å². The van der Waals surface area contributed by atoms with E-state index in [0.717, 1.165) is 89.9 Å². The Morgan fingerprint density at radius 1 is 0.467 bits per heavy atom. The number of ether oxygens (including phenoxy) is 1. The Bertz CT molecular complexity index is 1510. The van der Waals surface area contributed by atoms with E-state index in [2.05, 4.69) is 86.8 Å². The number of phosphoric ester groups is 1. The standard InChI is InChI=1S/C65H119N2O7P/c1-7-10-13-16-19-22-25-28-30-31-32-33-34-35-36-37-38-40-43-46-49-52-55-58-65(69)74-63(56-53-50-47-44-41-27-24-21-18-15-12-9-3)62(61-73-75(70,71)72-60-59-67(4,5)6)66-64(68)57-54-51-48-45-42-39-29-26-23-20-17-14-11-8-2/h19,22,28,30,32-33,35-36,39,42,53,56,62-63H,7-18,20-21,23-27,29,31,34,37-38,40-41,43-52,54-55,57-61H2,1-6H3,(H-,66,68,70,71)/b22-19-,30-28-,33-32-,36-35-,42-39-,56-53-. The molecule has 10 heteroatoms. The number of likely N-dealkylation sites (N-methyl/N-ethyl adjacent to an activating group) is 1. The second-order valence-electron chi connectivity index (χ2n) is 22.2. The molecule has 0 aromatic heterocycles. The highest BCUT2D eigenvalue weighted by Crippen LogP contribution is 2.38. The zero-order chi connectivity index (χ0) is 55.0. The van der Waals surface area contributed by atoms with Crippen molar-refractivity contribution >= 4 is 19.7 Å². The number of carbonyl (C=O) groups excluding carboxylic acids is 2. The van der Waals surface area contributed by atoms with Gasteiger partial charge in [0.1, 0.15) is 19.3 Å². The summed E-state index contributed by atoms with van der Waals surface area (Å²) >= 11 is 0. The minimum atomic E-state index is -4.70. The van der Waals surface area contributed by atoms with E-state index in [1.165, 1.54) is 141 Å². The van der Waals surface area contributed by atoms with Gasteiger partial charge in [0.25, 0.3) is 7.82 Å². The quantitative estimate of drug-likeness (QED) is 0.0212. The zero-order valence-corrected chi connectivity index (χ0v) is 50.6. The van der Waals surface area contributed by atoms with Crippen LogP contribution in [0.15, 0.2) is 72.9 Å². The second-order valence-corrected chi connectivity index (χ2v) is 23.6. The number of esters is 1. The van der Waals surface area contributed by atoms with Gasteiger partial charge in [-0.15, -0.1) is 0 Å². The Labute approximate surface area is 463 Å². The van der Waals surface area contributed by atoms with Crippen molar-refractivity contribution < 1.29 is 37.3 Å². The van der Waals surface area contributed by atoms with Crippen LogP contribution >= 0.6 is 7.82 Å². The van der Waals surface area contributed by atoms with Gasteiger partial charge >= 0.3 is 5.97 Å². The number of rotatable bonds is 56. The molecule has 0 bridgehead atoms. The average Bonchev–Trinajstić information content (AvgIpc) is 3.37. The van der Waals surface area contributed by atoms with Crippen molar-refractivity contribution in [3.8, 4) is 0 Å². The summed E-state index contributed by atoms with van der Waals surface area (Å²) in [4.78, 5) is 39.9. The molecule has 1 N–H and O–H groups in total. The minimum Gasteiger partial charge on any atom is -0.756 e. The Morgan fingerprint density at radius 2 is 0.813 bits per heavy atom. The molecule has 3 unspecified atom stereocenters. The van der Waals surface area contributed by atoms with Crippen LogP contribution in [0, 0.1) is 0 Å². The van der Waals surface area contributed by atoms with Crippen LogP contribution in [0.25, 0.3) is 0 Å². The third kappa shape index (κ3) is 56.0. The third-order valence-corrected chi connectivity index (χ3v) is 14.6. The number of allylic oxidation sites excluding steroid dienone is 11. The van der Waals surface area contributed by atoms with Crippen LogP contribution < -0.4 is 10.2 Å². The first-order valence-electron chi connectivity index (χ1n) is 31.2. The van der Waals surface area contributed by atoms with Crippen LogP contribution in [0.5, 0.6) is 0 Å². The Hall–Kier alpha value is -2.55. The van der Waals surface area contributed by atoms with Crippen molar-refractivity contribution in [2.75, 3.05) is 40.9 Å². The lowest BCUT2D eigenvalue weighted by molar-refractivity contribution is -0.870. The predicted octanol–water partition coefficient (Wildman–Crippen LogP) is 18.6. The molecule has 0 aromatic carbocycles. The monoisotopic (exact) mass is 1070 g/mol. The van der Waals surface area contributed by atoms with Crippen LogP contribution in [0.4, 0.5) is 0 Å². The summed E-state index contributed by atoms with van der Waals surface area (Å²) in [6.45, 7) is 6.79. The molecule has 75 heavy (non-hydrogen) atoms. The lowest BCUT2D eigenvalue weighted by Crippen LogP contribution is -2.47. The number of unbranched alkanes of at least 4 members (excludes halogenated alkanes) is 30. The predicted molar refractivity (Wildman–Crippen MR) is 321 cm³/mol. The summed E-state index contributed by atoms with van der Waals surface area (Å²) in [5.41, 5.74) is 0. The molecular formula is C65H119N2O7P. The van der Waals surface area contributed by atoms with Crippen LogP contribution in [-0.2, 0) is 27.9 Å². The van der Waals surface area contributed by atoms with Crippen LogP contribution in [0.2, 0.25) is 0 Å². The number of hydrogen-bond acceptors (Lipinski definition) is 7. The van der Waals surface area contributed by atoms with Crippen molar-refractivity contribution in [1.29, 1.82) is 0 Å². The molecule has 3 atom stereocenters. The molecule has 0 fully saturated rings. The van der Waals surface area contributed by atoms with Gasteiger partial charge in [0, 0.05) is 12.8 Å². The largest absolute Gasteiger partial charge is 0.756 e. The van der Waals surface area contributed by atoms with Gasteiger partial charge in [0.15, 0.2) is 0 Å². The number of amides is 1. The van der Waals surface area contributed by atoms with Crippen molar-refractivity contribution in [1.82, 2.24) is 5.32 Å². The van der Waals surface area contributed by atoms with Crippen molar-refractivity contribution in [3.05, 3.63) is 72.9 Å². The molecule has 436 valence electrons. The minimum absolute atomic E-state index is 0.0289. The smallest absolute Gasteiger partial charge is 0.306 e. The number of nitrogens with one attached hydrogen (secondary N) is 1.